The standard InChI is InChI=1S/C21H20FN3O2/c1-14-5-7-15(8-6-14)9-10-25-13-17(12-19(25)26)21-23-20(24-27-21)16-3-2-4-18(22)11-16/h2-8,11,17H,9-10,12-13H2,1H3. The highest BCUT2D eigenvalue weighted by Crippen LogP contribution is 2.29. The van der Waals surface area contributed by atoms with Gasteiger partial charge in [0.15, 0.2) is 0 Å². The number of nitrogens with zero attached hydrogens (tertiary/aromatic N) is 3. The maximum absolute atomic E-state index is 13.4. The van der Waals surface area contributed by atoms with Crippen molar-refractivity contribution >= 4 is 5.91 Å². The average molecular weight is 365 g/mol. The number of carbonyl (C=O) groups is 1. The molecule has 1 aliphatic rings. The topological polar surface area (TPSA) is 59.2 Å². The number of benzene rings is 2. The number of aromatic nitrogens is 2. The molecular weight excluding hydrogens is 345 g/mol. The van der Waals surface area contributed by atoms with Crippen molar-refractivity contribution in [3.05, 3.63) is 71.4 Å². The van der Waals surface area contributed by atoms with Crippen molar-refractivity contribution < 1.29 is 13.7 Å². The molecule has 27 heavy (non-hydrogen) atoms. The van der Waals surface area contributed by atoms with Crippen LogP contribution >= 0.6 is 0 Å². The first kappa shape index (κ1) is 17.4. The smallest absolute Gasteiger partial charge is 0.232 e. The van der Waals surface area contributed by atoms with E-state index in [2.05, 4.69) is 41.3 Å². The molecule has 0 radical (unpaired) electrons. The molecule has 1 amide bonds. The first-order chi connectivity index (χ1) is 13.1. The number of likely N-dealkylation sites (tertiary alicyclic amines) is 1. The van der Waals surface area contributed by atoms with Crippen LogP contribution < -0.4 is 0 Å². The molecule has 0 bridgehead atoms. The third-order valence-electron chi connectivity index (χ3n) is 4.88. The van der Waals surface area contributed by atoms with Crippen molar-refractivity contribution in [2.45, 2.75) is 25.7 Å². The van der Waals surface area contributed by atoms with Crippen LogP contribution in [-0.4, -0.2) is 34.0 Å². The molecule has 1 unspecified atom stereocenters. The number of hydrogen-bond donors (Lipinski definition) is 0. The third-order valence-corrected chi connectivity index (χ3v) is 4.88. The number of halogens is 1. The number of rotatable bonds is 5. The van der Waals surface area contributed by atoms with Gasteiger partial charge in [-0.2, -0.15) is 4.98 Å². The predicted molar refractivity (Wildman–Crippen MR) is 98.5 cm³/mol. The molecule has 1 saturated heterocycles. The van der Waals surface area contributed by atoms with E-state index in [1.54, 1.807) is 12.1 Å². The van der Waals surface area contributed by atoms with Gasteiger partial charge in [-0.05, 0) is 31.0 Å². The molecule has 4 rings (SSSR count). The van der Waals surface area contributed by atoms with Crippen molar-refractivity contribution in [1.29, 1.82) is 0 Å². The van der Waals surface area contributed by atoms with E-state index in [0.29, 0.717) is 36.8 Å². The zero-order valence-electron chi connectivity index (χ0n) is 15.1. The van der Waals surface area contributed by atoms with Gasteiger partial charge in [0.25, 0.3) is 0 Å². The van der Waals surface area contributed by atoms with Crippen LogP contribution in [0.1, 0.15) is 29.4 Å². The second-order valence-corrected chi connectivity index (χ2v) is 6.94. The van der Waals surface area contributed by atoms with Gasteiger partial charge in [-0.15, -0.1) is 0 Å². The molecule has 1 fully saturated rings. The maximum atomic E-state index is 13.4. The summed E-state index contributed by atoms with van der Waals surface area (Å²) in [4.78, 5) is 18.6. The molecule has 5 nitrogen and oxygen atoms in total. The minimum absolute atomic E-state index is 0.0950. The van der Waals surface area contributed by atoms with E-state index < -0.39 is 0 Å². The van der Waals surface area contributed by atoms with E-state index in [4.69, 9.17) is 4.52 Å². The van der Waals surface area contributed by atoms with Crippen molar-refractivity contribution in [2.24, 2.45) is 0 Å². The highest BCUT2D eigenvalue weighted by Gasteiger charge is 2.34. The van der Waals surface area contributed by atoms with Crippen LogP contribution in [0.25, 0.3) is 11.4 Å². The average Bonchev–Trinajstić information content (AvgIpc) is 3.28. The molecule has 1 aromatic heterocycles. The van der Waals surface area contributed by atoms with Crippen LogP contribution in [-0.2, 0) is 11.2 Å². The summed E-state index contributed by atoms with van der Waals surface area (Å²) in [6, 6.07) is 14.4. The second-order valence-electron chi connectivity index (χ2n) is 6.94. The van der Waals surface area contributed by atoms with Crippen molar-refractivity contribution in [1.82, 2.24) is 15.0 Å². The van der Waals surface area contributed by atoms with Gasteiger partial charge in [-0.25, -0.2) is 4.39 Å². The van der Waals surface area contributed by atoms with Gasteiger partial charge in [0.05, 0.1) is 5.92 Å². The maximum Gasteiger partial charge on any atom is 0.232 e. The summed E-state index contributed by atoms with van der Waals surface area (Å²) in [6.45, 7) is 3.29. The van der Waals surface area contributed by atoms with E-state index in [-0.39, 0.29) is 17.6 Å². The summed E-state index contributed by atoms with van der Waals surface area (Å²) in [6.07, 6.45) is 1.18. The first-order valence-corrected chi connectivity index (χ1v) is 9.01. The Morgan fingerprint density at radius 3 is 2.81 bits per heavy atom. The van der Waals surface area contributed by atoms with Crippen LogP contribution in [0.5, 0.6) is 0 Å². The summed E-state index contributed by atoms with van der Waals surface area (Å²) in [5, 5.41) is 3.94. The molecule has 1 atom stereocenters. The molecule has 6 heteroatoms. The lowest BCUT2D eigenvalue weighted by Crippen LogP contribution is -2.27. The Hall–Kier alpha value is -3.02. The number of carbonyl (C=O) groups excluding carboxylic acids is 1. The zero-order valence-corrected chi connectivity index (χ0v) is 15.1. The van der Waals surface area contributed by atoms with Gasteiger partial charge in [0, 0.05) is 25.1 Å². The summed E-state index contributed by atoms with van der Waals surface area (Å²) in [7, 11) is 0. The lowest BCUT2D eigenvalue weighted by molar-refractivity contribution is -0.127. The first-order valence-electron chi connectivity index (χ1n) is 9.01. The Labute approximate surface area is 156 Å². The monoisotopic (exact) mass is 365 g/mol. The largest absolute Gasteiger partial charge is 0.342 e. The minimum Gasteiger partial charge on any atom is -0.342 e. The van der Waals surface area contributed by atoms with Crippen LogP contribution in [0.4, 0.5) is 4.39 Å². The highest BCUT2D eigenvalue weighted by atomic mass is 19.1. The van der Waals surface area contributed by atoms with Gasteiger partial charge in [0.2, 0.25) is 17.6 Å². The second kappa shape index (κ2) is 7.31. The van der Waals surface area contributed by atoms with E-state index in [1.165, 1.54) is 23.3 Å². The molecule has 0 saturated carbocycles. The Morgan fingerprint density at radius 2 is 2.04 bits per heavy atom. The van der Waals surface area contributed by atoms with Crippen LogP contribution in [0, 0.1) is 12.7 Å². The molecule has 2 aromatic carbocycles. The van der Waals surface area contributed by atoms with Gasteiger partial charge in [0.1, 0.15) is 5.82 Å². The van der Waals surface area contributed by atoms with E-state index in [9.17, 15) is 9.18 Å². The molecule has 0 spiro atoms. The van der Waals surface area contributed by atoms with Crippen molar-refractivity contribution in [3.8, 4) is 11.4 Å². The Bertz CT molecular complexity index is 952. The summed E-state index contributed by atoms with van der Waals surface area (Å²) < 4.78 is 18.7. The summed E-state index contributed by atoms with van der Waals surface area (Å²) in [5.74, 6) is 0.399. The lowest BCUT2D eigenvalue weighted by Gasteiger charge is -2.15. The minimum atomic E-state index is -0.350. The van der Waals surface area contributed by atoms with Gasteiger partial charge in [-0.3, -0.25) is 4.79 Å². The molecule has 0 N–H and O–H groups in total. The summed E-state index contributed by atoms with van der Waals surface area (Å²) in [5.41, 5.74) is 3.00. The molecule has 3 aromatic rings. The molecule has 138 valence electrons. The number of hydrogen-bond acceptors (Lipinski definition) is 4. The molecule has 1 aliphatic heterocycles. The fourth-order valence-corrected chi connectivity index (χ4v) is 3.32. The van der Waals surface area contributed by atoms with E-state index in [1.807, 2.05) is 4.90 Å². The van der Waals surface area contributed by atoms with Gasteiger partial charge < -0.3 is 9.42 Å². The van der Waals surface area contributed by atoms with Gasteiger partial charge in [-0.1, -0.05) is 47.1 Å². The SMILES string of the molecule is Cc1ccc(CCN2CC(c3nc(-c4cccc(F)c4)no3)CC2=O)cc1. The predicted octanol–water partition coefficient (Wildman–Crippen LogP) is 3.74. The fourth-order valence-electron chi connectivity index (χ4n) is 3.32. The van der Waals surface area contributed by atoms with Crippen molar-refractivity contribution in [2.75, 3.05) is 13.1 Å². The number of amides is 1. The van der Waals surface area contributed by atoms with E-state index >= 15 is 0 Å². The third kappa shape index (κ3) is 3.89. The van der Waals surface area contributed by atoms with Crippen LogP contribution in [0.15, 0.2) is 53.1 Å². The molecule has 2 heterocycles. The normalized spacial score (nSPS) is 16.9. The highest BCUT2D eigenvalue weighted by molar-refractivity contribution is 5.79. The van der Waals surface area contributed by atoms with Crippen LogP contribution in [0.3, 0.4) is 0 Å². The fraction of sp³-hybridized carbons (Fsp3) is 0.286. The Balaban J connectivity index is 1.41. The van der Waals surface area contributed by atoms with Gasteiger partial charge >= 0.3 is 0 Å². The molecular formula is C21H20FN3O2. The molecule has 0 aliphatic carbocycles. The van der Waals surface area contributed by atoms with E-state index in [0.717, 1.165) is 6.42 Å². The summed E-state index contributed by atoms with van der Waals surface area (Å²) >= 11 is 0. The Kier molecular flexibility index (Phi) is 4.71. The van der Waals surface area contributed by atoms with Crippen LogP contribution in [0.2, 0.25) is 0 Å². The lowest BCUT2D eigenvalue weighted by atomic mass is 10.1. The zero-order chi connectivity index (χ0) is 18.8. The Morgan fingerprint density at radius 1 is 1.22 bits per heavy atom. The number of aryl methyl sites for hydroxylation is 1. The quantitative estimate of drug-likeness (QED) is 0.691. The van der Waals surface area contributed by atoms with Crippen molar-refractivity contribution in [3.63, 3.8) is 0 Å².